The third-order valence-electron chi connectivity index (χ3n) is 1.50. The highest BCUT2D eigenvalue weighted by Gasteiger charge is 2.11. The zero-order chi connectivity index (χ0) is 9.90. The summed E-state index contributed by atoms with van der Waals surface area (Å²) in [6.45, 7) is 7.27. The van der Waals surface area contributed by atoms with E-state index in [2.05, 4.69) is 49.4 Å². The van der Waals surface area contributed by atoms with Crippen molar-refractivity contribution in [2.24, 2.45) is 5.41 Å². The van der Waals surface area contributed by atoms with E-state index in [-0.39, 0.29) is 5.41 Å². The number of para-hydroxylation sites is 1. The van der Waals surface area contributed by atoms with Gasteiger partial charge in [0.2, 0.25) is 0 Å². The molecule has 0 aliphatic carbocycles. The van der Waals surface area contributed by atoms with Gasteiger partial charge in [0.25, 0.3) is 0 Å². The van der Waals surface area contributed by atoms with E-state index in [1.807, 2.05) is 18.2 Å². The van der Waals surface area contributed by atoms with Crippen LogP contribution < -0.4 is 4.74 Å². The maximum Gasteiger partial charge on any atom is 0.132 e. The van der Waals surface area contributed by atoms with E-state index in [9.17, 15) is 0 Å². The summed E-state index contributed by atoms with van der Waals surface area (Å²) in [6, 6.07) is 8.08. The number of ether oxygens (including phenoxy) is 1. The summed E-state index contributed by atoms with van der Waals surface area (Å²) in [4.78, 5) is 0. The van der Waals surface area contributed by atoms with Gasteiger partial charge in [0.05, 0.1) is 10.2 Å². The summed E-state index contributed by atoms with van der Waals surface area (Å²) in [5.41, 5.74) is 0.221. The molecule has 0 bridgehead atoms. The quantitative estimate of drug-likeness (QED) is 0.754. The average molecular weight is 290 g/mol. The van der Waals surface area contributed by atoms with E-state index in [1.165, 1.54) is 3.57 Å². The molecule has 0 aliphatic rings. The summed E-state index contributed by atoms with van der Waals surface area (Å²) >= 11 is 2.29. The predicted molar refractivity (Wildman–Crippen MR) is 64.1 cm³/mol. The van der Waals surface area contributed by atoms with E-state index in [0.717, 1.165) is 12.4 Å². The predicted octanol–water partition coefficient (Wildman–Crippen LogP) is 3.72. The van der Waals surface area contributed by atoms with Gasteiger partial charge in [0, 0.05) is 0 Å². The van der Waals surface area contributed by atoms with Crippen LogP contribution in [0.25, 0.3) is 0 Å². The molecule has 1 nitrogen and oxygen atoms in total. The normalized spacial score (nSPS) is 11.4. The third-order valence-corrected chi connectivity index (χ3v) is 2.39. The van der Waals surface area contributed by atoms with Crippen LogP contribution >= 0.6 is 22.6 Å². The van der Waals surface area contributed by atoms with Gasteiger partial charge >= 0.3 is 0 Å². The smallest absolute Gasteiger partial charge is 0.132 e. The summed E-state index contributed by atoms with van der Waals surface area (Å²) in [5.74, 6) is 0.984. The second-order valence-electron chi connectivity index (χ2n) is 4.28. The molecule has 0 fully saturated rings. The highest BCUT2D eigenvalue weighted by molar-refractivity contribution is 14.1. The summed E-state index contributed by atoms with van der Waals surface area (Å²) in [5, 5.41) is 0. The van der Waals surface area contributed by atoms with Crippen molar-refractivity contribution in [1.29, 1.82) is 0 Å². The molecule has 0 aliphatic heterocycles. The van der Waals surface area contributed by atoms with Gasteiger partial charge in [-0.2, -0.15) is 0 Å². The molecule has 0 saturated carbocycles. The zero-order valence-corrected chi connectivity index (χ0v) is 10.5. The third kappa shape index (κ3) is 3.98. The van der Waals surface area contributed by atoms with E-state index < -0.39 is 0 Å². The van der Waals surface area contributed by atoms with Crippen molar-refractivity contribution in [2.45, 2.75) is 20.8 Å². The number of hydrogen-bond acceptors (Lipinski definition) is 1. The van der Waals surface area contributed by atoms with Crippen LogP contribution in [-0.4, -0.2) is 6.61 Å². The monoisotopic (exact) mass is 290 g/mol. The first-order chi connectivity index (χ1) is 5.99. The molecule has 0 N–H and O–H groups in total. The number of benzene rings is 1. The second kappa shape index (κ2) is 4.31. The van der Waals surface area contributed by atoms with E-state index >= 15 is 0 Å². The van der Waals surface area contributed by atoms with Crippen LogP contribution in [0.3, 0.4) is 0 Å². The minimum atomic E-state index is 0.221. The second-order valence-corrected chi connectivity index (χ2v) is 5.44. The van der Waals surface area contributed by atoms with Crippen LogP contribution in [0.5, 0.6) is 5.75 Å². The molecule has 72 valence electrons. The summed E-state index contributed by atoms with van der Waals surface area (Å²) in [6.07, 6.45) is 0. The molecular formula is C11H15IO. The molecule has 0 heterocycles. The molecule has 13 heavy (non-hydrogen) atoms. The lowest BCUT2D eigenvalue weighted by Gasteiger charge is -2.19. The molecular weight excluding hydrogens is 275 g/mol. The van der Waals surface area contributed by atoms with E-state index in [0.29, 0.717) is 0 Å². The van der Waals surface area contributed by atoms with Gasteiger partial charge in [-0.25, -0.2) is 0 Å². The maximum absolute atomic E-state index is 5.69. The molecule has 0 radical (unpaired) electrons. The topological polar surface area (TPSA) is 9.23 Å². The zero-order valence-electron chi connectivity index (χ0n) is 8.30. The van der Waals surface area contributed by atoms with Crippen LogP contribution in [0, 0.1) is 8.99 Å². The molecule has 2 heteroatoms. The number of hydrogen-bond donors (Lipinski definition) is 0. The van der Waals surface area contributed by atoms with Crippen molar-refractivity contribution in [1.82, 2.24) is 0 Å². The molecule has 0 amide bonds. The minimum absolute atomic E-state index is 0.221. The first-order valence-corrected chi connectivity index (χ1v) is 5.44. The van der Waals surface area contributed by atoms with Crippen molar-refractivity contribution < 1.29 is 4.74 Å². The molecule has 1 aromatic carbocycles. The minimum Gasteiger partial charge on any atom is -0.492 e. The van der Waals surface area contributed by atoms with Crippen molar-refractivity contribution >= 4 is 22.6 Å². The van der Waals surface area contributed by atoms with Gasteiger partial charge in [-0.05, 0) is 40.1 Å². The van der Waals surface area contributed by atoms with Crippen LogP contribution in [0.4, 0.5) is 0 Å². The molecule has 1 aromatic rings. The fraction of sp³-hybridized carbons (Fsp3) is 0.455. The molecule has 0 saturated heterocycles. The van der Waals surface area contributed by atoms with Crippen LogP contribution in [0.2, 0.25) is 0 Å². The van der Waals surface area contributed by atoms with E-state index in [4.69, 9.17) is 4.74 Å². The molecule has 0 atom stereocenters. The Labute approximate surface area is 93.6 Å². The number of halogens is 1. The van der Waals surface area contributed by atoms with Crippen LogP contribution in [0.1, 0.15) is 20.8 Å². The molecule has 1 rings (SSSR count). The maximum atomic E-state index is 5.69. The largest absolute Gasteiger partial charge is 0.492 e. The summed E-state index contributed by atoms with van der Waals surface area (Å²) in [7, 11) is 0. The Bertz CT molecular complexity index is 276. The van der Waals surface area contributed by atoms with Gasteiger partial charge in [0.1, 0.15) is 5.75 Å². The van der Waals surface area contributed by atoms with Crippen LogP contribution in [-0.2, 0) is 0 Å². The fourth-order valence-electron chi connectivity index (χ4n) is 0.856. The van der Waals surface area contributed by atoms with E-state index in [1.54, 1.807) is 0 Å². The summed E-state index contributed by atoms with van der Waals surface area (Å²) < 4.78 is 6.86. The molecule has 0 aromatic heterocycles. The Hall–Kier alpha value is -0.250. The SMILES string of the molecule is CC(C)(C)COc1ccccc1I. The first-order valence-electron chi connectivity index (χ1n) is 4.36. The van der Waals surface area contributed by atoms with Crippen molar-refractivity contribution in [2.75, 3.05) is 6.61 Å². The van der Waals surface area contributed by atoms with Crippen molar-refractivity contribution in [3.05, 3.63) is 27.8 Å². The van der Waals surface area contributed by atoms with Crippen molar-refractivity contribution in [3.63, 3.8) is 0 Å². The lowest BCUT2D eigenvalue weighted by Crippen LogP contribution is -2.17. The van der Waals surface area contributed by atoms with Gasteiger partial charge in [0.15, 0.2) is 0 Å². The van der Waals surface area contributed by atoms with Crippen molar-refractivity contribution in [3.8, 4) is 5.75 Å². The Kier molecular flexibility index (Phi) is 3.59. The lowest BCUT2D eigenvalue weighted by molar-refractivity contribution is 0.197. The first kappa shape index (κ1) is 10.8. The van der Waals surface area contributed by atoms with Crippen LogP contribution in [0.15, 0.2) is 24.3 Å². The Morgan fingerprint density at radius 3 is 2.38 bits per heavy atom. The van der Waals surface area contributed by atoms with Gasteiger partial charge in [-0.3, -0.25) is 0 Å². The highest BCUT2D eigenvalue weighted by Crippen LogP contribution is 2.22. The number of rotatable bonds is 2. The van der Waals surface area contributed by atoms with Gasteiger partial charge in [-0.1, -0.05) is 32.9 Å². The molecule has 0 unspecified atom stereocenters. The van der Waals surface area contributed by atoms with Gasteiger partial charge < -0.3 is 4.74 Å². The lowest BCUT2D eigenvalue weighted by atomic mass is 9.99. The highest BCUT2D eigenvalue weighted by atomic mass is 127. The average Bonchev–Trinajstić information content (AvgIpc) is 2.01. The standard InChI is InChI=1S/C11H15IO/c1-11(2,3)8-13-10-7-5-4-6-9(10)12/h4-7H,8H2,1-3H3. The van der Waals surface area contributed by atoms with Gasteiger partial charge in [-0.15, -0.1) is 0 Å². The Morgan fingerprint density at radius 1 is 1.23 bits per heavy atom. The Balaban J connectivity index is 2.60. The molecule has 0 spiro atoms. The fourth-order valence-corrected chi connectivity index (χ4v) is 1.40. The Morgan fingerprint density at radius 2 is 1.85 bits per heavy atom.